The van der Waals surface area contributed by atoms with E-state index in [1.54, 1.807) is 19.1 Å². The summed E-state index contributed by atoms with van der Waals surface area (Å²) in [6.07, 6.45) is 0.548. The maximum atomic E-state index is 13.5. The summed E-state index contributed by atoms with van der Waals surface area (Å²) in [5.41, 5.74) is 0.788. The van der Waals surface area contributed by atoms with E-state index in [1.165, 1.54) is 11.0 Å². The fraction of sp³-hybridized carbons (Fsp3) is 0.429. The highest BCUT2D eigenvalue weighted by atomic mass is 19.1. The van der Waals surface area contributed by atoms with Gasteiger partial charge < -0.3 is 10.2 Å². The minimum absolute atomic E-state index is 0.144. The lowest BCUT2D eigenvalue weighted by Crippen LogP contribution is -2.56. The Morgan fingerprint density at radius 2 is 2.26 bits per heavy atom. The van der Waals surface area contributed by atoms with Crippen LogP contribution in [0.3, 0.4) is 0 Å². The Hall–Kier alpha value is -1.91. The van der Waals surface area contributed by atoms with Gasteiger partial charge in [-0.15, -0.1) is 0 Å². The summed E-state index contributed by atoms with van der Waals surface area (Å²) in [6.45, 7) is 4.40. The predicted octanol–water partition coefficient (Wildman–Crippen LogP) is 1.48. The molecule has 5 heteroatoms. The van der Waals surface area contributed by atoms with Gasteiger partial charge in [0.05, 0.1) is 0 Å². The first-order chi connectivity index (χ1) is 9.04. The van der Waals surface area contributed by atoms with Gasteiger partial charge in [0.15, 0.2) is 0 Å². The van der Waals surface area contributed by atoms with Crippen molar-refractivity contribution in [3.05, 3.63) is 35.1 Å². The van der Waals surface area contributed by atoms with Crippen LogP contribution >= 0.6 is 0 Å². The highest BCUT2D eigenvalue weighted by Gasteiger charge is 2.32. The molecule has 0 aromatic heterocycles. The highest BCUT2D eigenvalue weighted by Crippen LogP contribution is 2.16. The minimum Gasteiger partial charge on any atom is -0.353 e. The SMILES string of the molecule is CCC1C(=O)NCCN1C(=O)c1ccc(C)c(F)c1. The van der Waals surface area contributed by atoms with E-state index in [0.29, 0.717) is 25.1 Å². The second-order valence-electron chi connectivity index (χ2n) is 4.68. The third-order valence-corrected chi connectivity index (χ3v) is 3.40. The Bertz CT molecular complexity index is 516. The van der Waals surface area contributed by atoms with Crippen molar-refractivity contribution in [3.63, 3.8) is 0 Å². The number of carbonyl (C=O) groups excluding carboxylic acids is 2. The number of benzene rings is 1. The van der Waals surface area contributed by atoms with Crippen LogP contribution in [0.4, 0.5) is 4.39 Å². The van der Waals surface area contributed by atoms with Crippen molar-refractivity contribution < 1.29 is 14.0 Å². The molecule has 0 aliphatic carbocycles. The molecule has 1 aromatic rings. The number of hydrogen-bond donors (Lipinski definition) is 1. The van der Waals surface area contributed by atoms with E-state index in [0.717, 1.165) is 0 Å². The Balaban J connectivity index is 2.26. The van der Waals surface area contributed by atoms with E-state index in [4.69, 9.17) is 0 Å². The summed E-state index contributed by atoms with van der Waals surface area (Å²) in [7, 11) is 0. The molecule has 0 bridgehead atoms. The van der Waals surface area contributed by atoms with Gasteiger partial charge in [-0.3, -0.25) is 9.59 Å². The smallest absolute Gasteiger partial charge is 0.254 e. The monoisotopic (exact) mass is 264 g/mol. The molecular formula is C14H17FN2O2. The molecule has 1 aromatic carbocycles. The van der Waals surface area contributed by atoms with E-state index < -0.39 is 11.9 Å². The maximum absolute atomic E-state index is 13.5. The van der Waals surface area contributed by atoms with Gasteiger partial charge in [0.1, 0.15) is 11.9 Å². The van der Waals surface area contributed by atoms with Crippen LogP contribution in [0.25, 0.3) is 0 Å². The molecule has 1 atom stereocenters. The van der Waals surface area contributed by atoms with E-state index in [1.807, 2.05) is 6.92 Å². The number of nitrogens with zero attached hydrogens (tertiary/aromatic N) is 1. The zero-order chi connectivity index (χ0) is 14.0. The molecule has 19 heavy (non-hydrogen) atoms. The zero-order valence-electron chi connectivity index (χ0n) is 11.1. The Labute approximate surface area is 111 Å². The van der Waals surface area contributed by atoms with Crippen LogP contribution in [0.2, 0.25) is 0 Å². The molecule has 2 rings (SSSR count). The molecular weight excluding hydrogens is 247 g/mol. The molecule has 0 radical (unpaired) electrons. The van der Waals surface area contributed by atoms with Gasteiger partial charge in [0.25, 0.3) is 5.91 Å². The molecule has 1 aliphatic rings. The minimum atomic E-state index is -0.467. The molecule has 1 saturated heterocycles. The van der Waals surface area contributed by atoms with Gasteiger partial charge in [-0.05, 0) is 31.0 Å². The number of aryl methyl sites for hydroxylation is 1. The average molecular weight is 264 g/mol. The lowest BCUT2D eigenvalue weighted by molar-refractivity contribution is -0.127. The molecule has 0 spiro atoms. The number of hydrogen-bond acceptors (Lipinski definition) is 2. The summed E-state index contributed by atoms with van der Waals surface area (Å²) in [6, 6.07) is 3.94. The number of piperazine rings is 1. The van der Waals surface area contributed by atoms with Gasteiger partial charge in [-0.25, -0.2) is 4.39 Å². The van der Waals surface area contributed by atoms with Crippen LogP contribution in [-0.2, 0) is 4.79 Å². The van der Waals surface area contributed by atoms with E-state index in [2.05, 4.69) is 5.32 Å². The third-order valence-electron chi connectivity index (χ3n) is 3.40. The summed E-state index contributed by atoms with van der Waals surface area (Å²) in [5.74, 6) is -0.837. The van der Waals surface area contributed by atoms with Crippen LogP contribution in [0.15, 0.2) is 18.2 Å². The number of amides is 2. The van der Waals surface area contributed by atoms with Crippen LogP contribution < -0.4 is 5.32 Å². The van der Waals surface area contributed by atoms with Crippen molar-refractivity contribution in [2.75, 3.05) is 13.1 Å². The number of carbonyl (C=O) groups is 2. The summed E-state index contributed by atoms with van der Waals surface area (Å²) in [5, 5.41) is 2.73. The second-order valence-corrected chi connectivity index (χ2v) is 4.68. The third kappa shape index (κ3) is 2.59. The number of rotatable bonds is 2. The predicted molar refractivity (Wildman–Crippen MR) is 69.3 cm³/mol. The molecule has 1 heterocycles. The topological polar surface area (TPSA) is 49.4 Å². The van der Waals surface area contributed by atoms with Crippen molar-refractivity contribution >= 4 is 11.8 Å². The quantitative estimate of drug-likeness (QED) is 0.879. The van der Waals surface area contributed by atoms with Crippen molar-refractivity contribution in [2.45, 2.75) is 26.3 Å². The van der Waals surface area contributed by atoms with Crippen molar-refractivity contribution in [2.24, 2.45) is 0 Å². The second kappa shape index (κ2) is 5.38. The first-order valence-electron chi connectivity index (χ1n) is 6.39. The first-order valence-corrected chi connectivity index (χ1v) is 6.39. The molecule has 1 aliphatic heterocycles. The molecule has 1 fully saturated rings. The lowest BCUT2D eigenvalue weighted by atomic mass is 10.1. The van der Waals surface area contributed by atoms with E-state index >= 15 is 0 Å². The van der Waals surface area contributed by atoms with Gasteiger partial charge >= 0.3 is 0 Å². The summed E-state index contributed by atoms with van der Waals surface area (Å²) < 4.78 is 13.5. The van der Waals surface area contributed by atoms with Crippen LogP contribution in [0.5, 0.6) is 0 Å². The molecule has 1 N–H and O–H groups in total. The average Bonchev–Trinajstić information content (AvgIpc) is 2.40. The normalized spacial score (nSPS) is 19.2. The van der Waals surface area contributed by atoms with Crippen LogP contribution in [0, 0.1) is 12.7 Å². The van der Waals surface area contributed by atoms with Gasteiger partial charge in [0, 0.05) is 18.7 Å². The fourth-order valence-electron chi connectivity index (χ4n) is 2.26. The first kappa shape index (κ1) is 13.5. The number of halogens is 1. The standard InChI is InChI=1S/C14H17FN2O2/c1-3-12-13(18)16-6-7-17(12)14(19)10-5-4-9(2)11(15)8-10/h4-5,8,12H,3,6-7H2,1-2H3,(H,16,18). The Morgan fingerprint density at radius 1 is 1.53 bits per heavy atom. The largest absolute Gasteiger partial charge is 0.353 e. The molecule has 4 nitrogen and oxygen atoms in total. The van der Waals surface area contributed by atoms with Gasteiger partial charge in [0.2, 0.25) is 5.91 Å². The molecule has 102 valence electrons. The van der Waals surface area contributed by atoms with E-state index in [9.17, 15) is 14.0 Å². The summed E-state index contributed by atoms with van der Waals surface area (Å²) >= 11 is 0. The van der Waals surface area contributed by atoms with E-state index in [-0.39, 0.29) is 17.4 Å². The molecule has 1 unspecified atom stereocenters. The van der Waals surface area contributed by atoms with Gasteiger partial charge in [-0.1, -0.05) is 13.0 Å². The van der Waals surface area contributed by atoms with Crippen molar-refractivity contribution in [1.82, 2.24) is 10.2 Å². The van der Waals surface area contributed by atoms with Crippen molar-refractivity contribution in [3.8, 4) is 0 Å². The maximum Gasteiger partial charge on any atom is 0.254 e. The molecule has 2 amide bonds. The number of nitrogens with one attached hydrogen (secondary N) is 1. The van der Waals surface area contributed by atoms with Gasteiger partial charge in [-0.2, -0.15) is 0 Å². The highest BCUT2D eigenvalue weighted by molar-refractivity contribution is 5.98. The van der Waals surface area contributed by atoms with Crippen LogP contribution in [0.1, 0.15) is 29.3 Å². The lowest BCUT2D eigenvalue weighted by Gasteiger charge is -2.34. The summed E-state index contributed by atoms with van der Waals surface area (Å²) in [4.78, 5) is 25.6. The zero-order valence-corrected chi connectivity index (χ0v) is 11.1. The fourth-order valence-corrected chi connectivity index (χ4v) is 2.26. The Morgan fingerprint density at radius 3 is 2.89 bits per heavy atom. The van der Waals surface area contributed by atoms with Crippen molar-refractivity contribution in [1.29, 1.82) is 0 Å². The molecule has 0 saturated carbocycles. The van der Waals surface area contributed by atoms with Crippen LogP contribution in [-0.4, -0.2) is 35.8 Å². The Kier molecular flexibility index (Phi) is 3.83.